The third kappa shape index (κ3) is 2.45. The van der Waals surface area contributed by atoms with Crippen molar-refractivity contribution in [1.29, 1.82) is 0 Å². The van der Waals surface area contributed by atoms with Crippen LogP contribution in [0.25, 0.3) is 0 Å². The van der Waals surface area contributed by atoms with Crippen LogP contribution in [0, 0.1) is 0 Å². The molecule has 14 heavy (non-hydrogen) atoms. The molecule has 0 aromatic carbocycles. The summed E-state index contributed by atoms with van der Waals surface area (Å²) < 4.78 is 0. The van der Waals surface area contributed by atoms with Gasteiger partial charge in [-0.05, 0) is 6.92 Å². The number of hydrogen-bond donors (Lipinski definition) is 1. The standard InChI is InChI=1S/C11H19N3/c1-4-6-11(3,13-7-5-2)14-9-8-12-10-14/h4-5,10,13H,1-2,6-9H2,3H3. The number of aliphatic imine (C=N–C) groups is 1. The minimum absolute atomic E-state index is 0.0735. The van der Waals surface area contributed by atoms with E-state index < -0.39 is 0 Å². The number of hydrogen-bond acceptors (Lipinski definition) is 3. The Morgan fingerprint density at radius 3 is 2.86 bits per heavy atom. The van der Waals surface area contributed by atoms with Gasteiger partial charge in [0.05, 0.1) is 18.5 Å². The minimum Gasteiger partial charge on any atom is -0.343 e. The maximum absolute atomic E-state index is 4.22. The van der Waals surface area contributed by atoms with Gasteiger partial charge in [0.15, 0.2) is 0 Å². The second kappa shape index (κ2) is 4.96. The zero-order valence-corrected chi connectivity index (χ0v) is 8.87. The van der Waals surface area contributed by atoms with Gasteiger partial charge < -0.3 is 4.90 Å². The van der Waals surface area contributed by atoms with Crippen LogP contribution in [0.2, 0.25) is 0 Å². The zero-order chi connectivity index (χ0) is 10.4. The van der Waals surface area contributed by atoms with Crippen molar-refractivity contribution < 1.29 is 0 Å². The molecule has 1 heterocycles. The van der Waals surface area contributed by atoms with Crippen molar-refractivity contribution >= 4 is 6.34 Å². The van der Waals surface area contributed by atoms with Crippen LogP contribution >= 0.6 is 0 Å². The highest BCUT2D eigenvalue weighted by molar-refractivity contribution is 5.58. The molecule has 3 heteroatoms. The summed E-state index contributed by atoms with van der Waals surface area (Å²) in [5.41, 5.74) is -0.0735. The van der Waals surface area contributed by atoms with Crippen LogP contribution < -0.4 is 5.32 Å². The summed E-state index contributed by atoms with van der Waals surface area (Å²) in [6.07, 6.45) is 6.61. The molecule has 1 N–H and O–H groups in total. The van der Waals surface area contributed by atoms with Crippen LogP contribution in [0.4, 0.5) is 0 Å². The lowest BCUT2D eigenvalue weighted by atomic mass is 10.1. The smallest absolute Gasteiger partial charge is 0.0925 e. The Morgan fingerprint density at radius 1 is 1.57 bits per heavy atom. The van der Waals surface area contributed by atoms with E-state index in [-0.39, 0.29) is 5.66 Å². The summed E-state index contributed by atoms with van der Waals surface area (Å²) in [6.45, 7) is 12.3. The van der Waals surface area contributed by atoms with Gasteiger partial charge in [-0.1, -0.05) is 12.2 Å². The fraction of sp³-hybridized carbons (Fsp3) is 0.545. The van der Waals surface area contributed by atoms with E-state index in [1.165, 1.54) is 0 Å². The molecule has 3 nitrogen and oxygen atoms in total. The highest BCUT2D eigenvalue weighted by Gasteiger charge is 2.29. The van der Waals surface area contributed by atoms with Gasteiger partial charge in [0.1, 0.15) is 0 Å². The lowest BCUT2D eigenvalue weighted by Crippen LogP contribution is -2.55. The Bertz CT molecular complexity index is 235. The SMILES string of the molecule is C=CCNC(C)(CC=C)N1C=NCC1. The summed E-state index contributed by atoms with van der Waals surface area (Å²) in [5.74, 6) is 0. The van der Waals surface area contributed by atoms with Crippen molar-refractivity contribution in [2.24, 2.45) is 4.99 Å². The lowest BCUT2D eigenvalue weighted by Gasteiger charge is -2.38. The monoisotopic (exact) mass is 193 g/mol. The van der Waals surface area contributed by atoms with Gasteiger partial charge in [-0.2, -0.15) is 0 Å². The molecule has 1 rings (SSSR count). The van der Waals surface area contributed by atoms with Crippen LogP contribution in [-0.2, 0) is 0 Å². The average molecular weight is 193 g/mol. The van der Waals surface area contributed by atoms with Gasteiger partial charge in [0, 0.05) is 19.5 Å². The molecule has 0 fully saturated rings. The van der Waals surface area contributed by atoms with Crippen molar-refractivity contribution in [3.63, 3.8) is 0 Å². The first-order chi connectivity index (χ1) is 6.73. The Hall–Kier alpha value is -1.09. The van der Waals surface area contributed by atoms with E-state index in [1.54, 1.807) is 0 Å². The van der Waals surface area contributed by atoms with Crippen LogP contribution in [0.1, 0.15) is 13.3 Å². The van der Waals surface area contributed by atoms with Crippen LogP contribution in [-0.4, -0.2) is 36.5 Å². The second-order valence-corrected chi connectivity index (χ2v) is 3.65. The molecule has 0 aromatic heterocycles. The first kappa shape index (κ1) is 11.0. The van der Waals surface area contributed by atoms with E-state index in [2.05, 4.69) is 35.3 Å². The van der Waals surface area contributed by atoms with Crippen molar-refractivity contribution in [1.82, 2.24) is 10.2 Å². The molecule has 0 bridgehead atoms. The predicted octanol–water partition coefficient (Wildman–Crippen LogP) is 1.40. The molecule has 0 saturated carbocycles. The van der Waals surface area contributed by atoms with Crippen molar-refractivity contribution in [3.8, 4) is 0 Å². The summed E-state index contributed by atoms with van der Waals surface area (Å²) in [7, 11) is 0. The molecular weight excluding hydrogens is 174 g/mol. The lowest BCUT2D eigenvalue weighted by molar-refractivity contribution is 0.172. The molecule has 0 amide bonds. The van der Waals surface area contributed by atoms with Crippen molar-refractivity contribution in [3.05, 3.63) is 25.3 Å². The quantitative estimate of drug-likeness (QED) is 0.646. The van der Waals surface area contributed by atoms with E-state index in [0.29, 0.717) is 0 Å². The highest BCUT2D eigenvalue weighted by Crippen LogP contribution is 2.17. The van der Waals surface area contributed by atoms with E-state index in [0.717, 1.165) is 26.1 Å². The molecule has 1 unspecified atom stereocenters. The Morgan fingerprint density at radius 2 is 2.36 bits per heavy atom. The Labute approximate surface area is 86.2 Å². The normalized spacial score (nSPS) is 19.4. The summed E-state index contributed by atoms with van der Waals surface area (Å²) >= 11 is 0. The third-order valence-electron chi connectivity index (χ3n) is 2.49. The Kier molecular flexibility index (Phi) is 3.89. The van der Waals surface area contributed by atoms with Crippen molar-refractivity contribution in [2.75, 3.05) is 19.6 Å². The Balaban J connectivity index is 2.63. The van der Waals surface area contributed by atoms with Crippen molar-refractivity contribution in [2.45, 2.75) is 19.0 Å². The minimum atomic E-state index is -0.0735. The van der Waals surface area contributed by atoms with Gasteiger partial charge in [0.2, 0.25) is 0 Å². The summed E-state index contributed by atoms with van der Waals surface area (Å²) in [6, 6.07) is 0. The van der Waals surface area contributed by atoms with Crippen LogP contribution in [0.5, 0.6) is 0 Å². The van der Waals surface area contributed by atoms with Gasteiger partial charge in [-0.25, -0.2) is 0 Å². The molecule has 0 aliphatic carbocycles. The van der Waals surface area contributed by atoms with E-state index in [1.807, 2.05) is 18.5 Å². The third-order valence-corrected chi connectivity index (χ3v) is 2.49. The molecule has 0 saturated heterocycles. The second-order valence-electron chi connectivity index (χ2n) is 3.65. The predicted molar refractivity (Wildman–Crippen MR) is 61.5 cm³/mol. The first-order valence-electron chi connectivity index (χ1n) is 4.96. The highest BCUT2D eigenvalue weighted by atomic mass is 15.3. The van der Waals surface area contributed by atoms with E-state index in [4.69, 9.17) is 0 Å². The fourth-order valence-electron chi connectivity index (χ4n) is 1.62. The summed E-state index contributed by atoms with van der Waals surface area (Å²) in [5, 5.41) is 3.43. The van der Waals surface area contributed by atoms with Gasteiger partial charge in [0.25, 0.3) is 0 Å². The zero-order valence-electron chi connectivity index (χ0n) is 8.87. The number of nitrogens with one attached hydrogen (secondary N) is 1. The van der Waals surface area contributed by atoms with Crippen LogP contribution in [0.3, 0.4) is 0 Å². The molecule has 1 aliphatic heterocycles. The molecule has 0 spiro atoms. The number of nitrogens with zero attached hydrogens (tertiary/aromatic N) is 2. The van der Waals surface area contributed by atoms with Gasteiger partial charge >= 0.3 is 0 Å². The maximum atomic E-state index is 4.22. The topological polar surface area (TPSA) is 27.6 Å². The van der Waals surface area contributed by atoms with E-state index in [9.17, 15) is 0 Å². The molecule has 1 aliphatic rings. The molecule has 1 atom stereocenters. The maximum Gasteiger partial charge on any atom is 0.0925 e. The molecule has 0 aromatic rings. The average Bonchev–Trinajstić information content (AvgIpc) is 2.68. The van der Waals surface area contributed by atoms with E-state index >= 15 is 0 Å². The van der Waals surface area contributed by atoms with Crippen LogP contribution in [0.15, 0.2) is 30.3 Å². The largest absolute Gasteiger partial charge is 0.343 e. The molecular formula is C11H19N3. The number of rotatable bonds is 6. The fourth-order valence-corrected chi connectivity index (χ4v) is 1.62. The first-order valence-corrected chi connectivity index (χ1v) is 4.96. The van der Waals surface area contributed by atoms with Gasteiger partial charge in [-0.15, -0.1) is 13.2 Å². The van der Waals surface area contributed by atoms with Gasteiger partial charge in [-0.3, -0.25) is 10.3 Å². The summed E-state index contributed by atoms with van der Waals surface area (Å²) in [4.78, 5) is 6.44. The molecule has 78 valence electrons. The molecule has 0 radical (unpaired) electrons.